The molecule has 0 spiro atoms. The van der Waals surface area contributed by atoms with E-state index in [-0.39, 0.29) is 0 Å². The molecule has 0 aliphatic heterocycles. The Morgan fingerprint density at radius 1 is 1.14 bits per heavy atom. The molecule has 70 valence electrons. The monoisotopic (exact) mass is 186 g/mol. The van der Waals surface area contributed by atoms with E-state index < -0.39 is 0 Å². The number of rotatable bonds is 2. The number of nitrogens with zero attached hydrogens (tertiary/aromatic N) is 2. The van der Waals surface area contributed by atoms with E-state index in [9.17, 15) is 0 Å². The zero-order chi connectivity index (χ0) is 9.80. The molecule has 3 heteroatoms. The standard InChI is InChI=1S/C11H10N2O/c1-9-2-4-10(5-3-9)6-7-11-12-8-14-13-11/h2-8H,1H3. The summed E-state index contributed by atoms with van der Waals surface area (Å²) in [5, 5.41) is 3.68. The highest BCUT2D eigenvalue weighted by atomic mass is 16.5. The van der Waals surface area contributed by atoms with Crippen molar-refractivity contribution < 1.29 is 4.52 Å². The lowest BCUT2D eigenvalue weighted by Gasteiger charge is -1.93. The summed E-state index contributed by atoms with van der Waals surface area (Å²) < 4.78 is 4.61. The van der Waals surface area contributed by atoms with Crippen molar-refractivity contribution >= 4 is 12.2 Å². The molecule has 2 rings (SSSR count). The van der Waals surface area contributed by atoms with Crippen LogP contribution >= 0.6 is 0 Å². The molecule has 2 aromatic rings. The predicted octanol–water partition coefficient (Wildman–Crippen LogP) is 2.55. The smallest absolute Gasteiger partial charge is 0.214 e. The Labute approximate surface area is 82.1 Å². The topological polar surface area (TPSA) is 38.9 Å². The molecule has 0 fully saturated rings. The average Bonchev–Trinajstić information content (AvgIpc) is 2.70. The lowest BCUT2D eigenvalue weighted by atomic mass is 10.1. The second kappa shape index (κ2) is 3.87. The van der Waals surface area contributed by atoms with Gasteiger partial charge in [0.25, 0.3) is 0 Å². The SMILES string of the molecule is Cc1ccc(C=Cc2ncon2)cc1. The van der Waals surface area contributed by atoms with Gasteiger partial charge < -0.3 is 4.52 Å². The summed E-state index contributed by atoms with van der Waals surface area (Å²) in [6.07, 6.45) is 5.08. The molecule has 0 saturated heterocycles. The zero-order valence-electron chi connectivity index (χ0n) is 7.84. The van der Waals surface area contributed by atoms with Crippen LogP contribution < -0.4 is 0 Å². The molecule has 0 amide bonds. The first-order valence-corrected chi connectivity index (χ1v) is 4.36. The highest BCUT2D eigenvalue weighted by Gasteiger charge is 1.91. The van der Waals surface area contributed by atoms with Crippen LogP contribution in [-0.4, -0.2) is 10.1 Å². The number of hydrogen-bond acceptors (Lipinski definition) is 3. The third-order valence-corrected chi connectivity index (χ3v) is 1.88. The molecule has 0 N–H and O–H groups in total. The van der Waals surface area contributed by atoms with Crippen LogP contribution in [0.15, 0.2) is 35.2 Å². The zero-order valence-corrected chi connectivity index (χ0v) is 7.84. The van der Waals surface area contributed by atoms with Gasteiger partial charge in [0.15, 0.2) is 5.82 Å². The number of hydrogen-bond donors (Lipinski definition) is 0. The van der Waals surface area contributed by atoms with Crippen LogP contribution in [0.5, 0.6) is 0 Å². The van der Waals surface area contributed by atoms with E-state index in [1.54, 1.807) is 0 Å². The Hall–Kier alpha value is -1.90. The summed E-state index contributed by atoms with van der Waals surface area (Å²) in [5.41, 5.74) is 2.38. The molecule has 0 unspecified atom stereocenters. The minimum atomic E-state index is 0.588. The van der Waals surface area contributed by atoms with Crippen molar-refractivity contribution in [1.29, 1.82) is 0 Å². The molecular formula is C11H10N2O. The van der Waals surface area contributed by atoms with Gasteiger partial charge in [-0.3, -0.25) is 0 Å². The van der Waals surface area contributed by atoms with Crippen LogP contribution in [0.4, 0.5) is 0 Å². The fourth-order valence-corrected chi connectivity index (χ4v) is 1.10. The largest absolute Gasteiger partial charge is 0.342 e. The van der Waals surface area contributed by atoms with Crippen molar-refractivity contribution in [3.63, 3.8) is 0 Å². The number of benzene rings is 1. The Morgan fingerprint density at radius 2 is 1.93 bits per heavy atom. The third-order valence-electron chi connectivity index (χ3n) is 1.88. The van der Waals surface area contributed by atoms with Crippen LogP contribution in [0, 0.1) is 6.92 Å². The molecule has 0 aliphatic carbocycles. The van der Waals surface area contributed by atoms with Gasteiger partial charge in [0.2, 0.25) is 6.39 Å². The van der Waals surface area contributed by atoms with Crippen LogP contribution in [0.25, 0.3) is 12.2 Å². The molecule has 1 aromatic carbocycles. The van der Waals surface area contributed by atoms with Gasteiger partial charge in [-0.15, -0.1) is 0 Å². The highest BCUT2D eigenvalue weighted by Crippen LogP contribution is 2.06. The molecule has 0 bridgehead atoms. The van der Waals surface area contributed by atoms with Gasteiger partial charge in [0.05, 0.1) is 0 Å². The van der Waals surface area contributed by atoms with E-state index in [0.717, 1.165) is 5.56 Å². The third kappa shape index (κ3) is 2.07. The van der Waals surface area contributed by atoms with Crippen molar-refractivity contribution in [3.8, 4) is 0 Å². The van der Waals surface area contributed by atoms with Crippen molar-refractivity contribution in [1.82, 2.24) is 10.1 Å². The Kier molecular flexibility index (Phi) is 2.40. The Morgan fingerprint density at radius 3 is 2.57 bits per heavy atom. The van der Waals surface area contributed by atoms with Crippen molar-refractivity contribution in [2.24, 2.45) is 0 Å². The van der Waals surface area contributed by atoms with E-state index in [0.29, 0.717) is 5.82 Å². The van der Waals surface area contributed by atoms with Gasteiger partial charge in [-0.1, -0.05) is 41.1 Å². The van der Waals surface area contributed by atoms with Crippen LogP contribution in [0.2, 0.25) is 0 Å². The molecule has 1 heterocycles. The molecule has 0 saturated carbocycles. The molecule has 0 atom stereocenters. The van der Waals surface area contributed by atoms with Crippen molar-refractivity contribution in [2.75, 3.05) is 0 Å². The second-order valence-corrected chi connectivity index (χ2v) is 3.03. The van der Waals surface area contributed by atoms with Crippen molar-refractivity contribution in [3.05, 3.63) is 47.6 Å². The molecule has 0 radical (unpaired) electrons. The summed E-state index contributed by atoms with van der Waals surface area (Å²) in [4.78, 5) is 3.88. The normalized spacial score (nSPS) is 10.9. The van der Waals surface area contributed by atoms with Gasteiger partial charge in [0.1, 0.15) is 0 Å². The fourth-order valence-electron chi connectivity index (χ4n) is 1.10. The first-order valence-electron chi connectivity index (χ1n) is 4.36. The second-order valence-electron chi connectivity index (χ2n) is 3.03. The molecule has 1 aromatic heterocycles. The summed E-state index contributed by atoms with van der Waals surface area (Å²) in [6, 6.07) is 8.23. The minimum absolute atomic E-state index is 0.588. The van der Waals surface area contributed by atoms with E-state index in [1.807, 2.05) is 24.3 Å². The Bertz CT molecular complexity index is 415. The average molecular weight is 186 g/mol. The summed E-state index contributed by atoms with van der Waals surface area (Å²) in [5.74, 6) is 0.588. The van der Waals surface area contributed by atoms with Gasteiger partial charge in [0, 0.05) is 0 Å². The molecule has 14 heavy (non-hydrogen) atoms. The quantitative estimate of drug-likeness (QED) is 0.723. The van der Waals surface area contributed by atoms with E-state index in [4.69, 9.17) is 0 Å². The molecule has 3 nitrogen and oxygen atoms in total. The lowest BCUT2D eigenvalue weighted by molar-refractivity contribution is 0.415. The van der Waals surface area contributed by atoms with E-state index >= 15 is 0 Å². The lowest BCUT2D eigenvalue weighted by Crippen LogP contribution is -1.75. The maximum absolute atomic E-state index is 4.61. The number of aryl methyl sites for hydroxylation is 1. The first kappa shape index (κ1) is 8.69. The molecular weight excluding hydrogens is 176 g/mol. The molecule has 0 aliphatic rings. The van der Waals surface area contributed by atoms with Crippen molar-refractivity contribution in [2.45, 2.75) is 6.92 Å². The highest BCUT2D eigenvalue weighted by molar-refractivity contribution is 5.66. The summed E-state index contributed by atoms with van der Waals surface area (Å²) in [6.45, 7) is 2.06. The van der Waals surface area contributed by atoms with Gasteiger partial charge in [-0.2, -0.15) is 4.98 Å². The van der Waals surface area contributed by atoms with Gasteiger partial charge in [-0.05, 0) is 18.6 Å². The maximum Gasteiger partial charge on any atom is 0.214 e. The number of aromatic nitrogens is 2. The fraction of sp³-hybridized carbons (Fsp3) is 0.0909. The van der Waals surface area contributed by atoms with Crippen LogP contribution in [0.3, 0.4) is 0 Å². The minimum Gasteiger partial charge on any atom is -0.342 e. The van der Waals surface area contributed by atoms with Crippen LogP contribution in [-0.2, 0) is 0 Å². The Balaban J connectivity index is 2.15. The maximum atomic E-state index is 4.61. The first-order chi connectivity index (χ1) is 6.84. The van der Waals surface area contributed by atoms with E-state index in [2.05, 4.69) is 33.7 Å². The van der Waals surface area contributed by atoms with Gasteiger partial charge >= 0.3 is 0 Å². The summed E-state index contributed by atoms with van der Waals surface area (Å²) in [7, 11) is 0. The van der Waals surface area contributed by atoms with E-state index in [1.165, 1.54) is 12.0 Å². The van der Waals surface area contributed by atoms with Gasteiger partial charge in [-0.25, -0.2) is 0 Å². The van der Waals surface area contributed by atoms with Crippen LogP contribution in [0.1, 0.15) is 17.0 Å². The predicted molar refractivity (Wildman–Crippen MR) is 54.4 cm³/mol. The summed E-state index contributed by atoms with van der Waals surface area (Å²) >= 11 is 0.